The van der Waals surface area contributed by atoms with E-state index in [1.807, 2.05) is 25.8 Å². The number of hydrogen-bond acceptors (Lipinski definition) is 4. The van der Waals surface area contributed by atoms with Crippen LogP contribution in [0.25, 0.3) is 0 Å². The predicted molar refractivity (Wildman–Crippen MR) is 81.3 cm³/mol. The van der Waals surface area contributed by atoms with Gasteiger partial charge in [-0.3, -0.25) is 9.59 Å². The van der Waals surface area contributed by atoms with Crippen LogP contribution in [0, 0.1) is 13.8 Å². The van der Waals surface area contributed by atoms with Gasteiger partial charge in [0.05, 0.1) is 0 Å². The van der Waals surface area contributed by atoms with E-state index >= 15 is 0 Å². The average molecular weight is 297 g/mol. The number of amides is 1. The first kappa shape index (κ1) is 15.3. The third kappa shape index (κ3) is 3.30. The van der Waals surface area contributed by atoms with Gasteiger partial charge < -0.3 is 14.8 Å². The Labute approximate surface area is 123 Å². The number of thiazole rings is 1. The summed E-state index contributed by atoms with van der Waals surface area (Å²) in [5.41, 5.74) is 0.986. The SMILES string of the molecule is CNC1CCCN(C(=O)CCn2c(C)c(C)sc2=O)C1. The molecule has 1 aliphatic rings. The highest BCUT2D eigenvalue weighted by Gasteiger charge is 2.22. The third-order valence-electron chi connectivity index (χ3n) is 4.11. The van der Waals surface area contributed by atoms with E-state index in [1.54, 1.807) is 4.57 Å². The standard InChI is InChI=1S/C14H23N3O2S/c1-10-11(2)20-14(19)17(10)8-6-13(18)16-7-4-5-12(9-16)15-3/h12,15H,4-9H2,1-3H3. The van der Waals surface area contributed by atoms with Crippen molar-refractivity contribution in [2.45, 2.75) is 45.7 Å². The Balaban J connectivity index is 1.93. The van der Waals surface area contributed by atoms with E-state index in [-0.39, 0.29) is 10.8 Å². The normalized spacial score (nSPS) is 19.4. The van der Waals surface area contributed by atoms with Crippen molar-refractivity contribution in [2.24, 2.45) is 0 Å². The Hall–Kier alpha value is -1.14. The first-order valence-electron chi connectivity index (χ1n) is 7.14. The maximum atomic E-state index is 12.2. The van der Waals surface area contributed by atoms with Gasteiger partial charge in [0, 0.05) is 42.7 Å². The van der Waals surface area contributed by atoms with Gasteiger partial charge in [-0.2, -0.15) is 0 Å². The van der Waals surface area contributed by atoms with Gasteiger partial charge in [0.2, 0.25) is 5.91 Å². The summed E-state index contributed by atoms with van der Waals surface area (Å²) < 4.78 is 1.72. The van der Waals surface area contributed by atoms with Crippen LogP contribution in [-0.2, 0) is 11.3 Å². The summed E-state index contributed by atoms with van der Waals surface area (Å²) in [6.07, 6.45) is 2.59. The molecular formula is C14H23N3O2S. The topological polar surface area (TPSA) is 54.3 Å². The van der Waals surface area contributed by atoms with Gasteiger partial charge in [0.1, 0.15) is 0 Å². The molecule has 1 fully saturated rings. The van der Waals surface area contributed by atoms with Crippen LogP contribution in [0.15, 0.2) is 4.79 Å². The zero-order chi connectivity index (χ0) is 14.7. The summed E-state index contributed by atoms with van der Waals surface area (Å²) >= 11 is 1.26. The minimum absolute atomic E-state index is 0.0412. The van der Waals surface area contributed by atoms with E-state index in [9.17, 15) is 9.59 Å². The molecule has 6 heteroatoms. The summed E-state index contributed by atoms with van der Waals surface area (Å²) in [6.45, 7) is 6.01. The number of likely N-dealkylation sites (tertiary alicyclic amines) is 1. The number of nitrogens with zero attached hydrogens (tertiary/aromatic N) is 2. The molecule has 1 N–H and O–H groups in total. The molecule has 0 aliphatic carbocycles. The Bertz CT molecular complexity index is 535. The number of piperidine rings is 1. The molecule has 2 heterocycles. The second-order valence-corrected chi connectivity index (χ2v) is 6.54. The number of aromatic nitrogens is 1. The number of likely N-dealkylation sites (N-methyl/N-ethyl adjacent to an activating group) is 1. The largest absolute Gasteiger partial charge is 0.341 e. The average Bonchev–Trinajstić information content (AvgIpc) is 2.70. The summed E-state index contributed by atoms with van der Waals surface area (Å²) in [4.78, 5) is 27.0. The maximum Gasteiger partial charge on any atom is 0.307 e. The third-order valence-corrected chi connectivity index (χ3v) is 5.10. The van der Waals surface area contributed by atoms with Crippen LogP contribution in [-0.4, -0.2) is 41.6 Å². The van der Waals surface area contributed by atoms with Gasteiger partial charge >= 0.3 is 4.87 Å². The van der Waals surface area contributed by atoms with Gasteiger partial charge in [0.15, 0.2) is 0 Å². The van der Waals surface area contributed by atoms with Crippen LogP contribution < -0.4 is 10.2 Å². The monoisotopic (exact) mass is 297 g/mol. The highest BCUT2D eigenvalue weighted by molar-refractivity contribution is 7.09. The maximum absolute atomic E-state index is 12.2. The molecule has 0 saturated carbocycles. The molecule has 1 saturated heterocycles. The zero-order valence-electron chi connectivity index (χ0n) is 12.4. The molecule has 0 aromatic carbocycles. The molecule has 1 aliphatic heterocycles. The van der Waals surface area contributed by atoms with Crippen molar-refractivity contribution in [3.63, 3.8) is 0 Å². The second-order valence-electron chi connectivity index (χ2n) is 5.38. The van der Waals surface area contributed by atoms with Crippen LogP contribution in [0.5, 0.6) is 0 Å². The van der Waals surface area contributed by atoms with Crippen LogP contribution in [0.2, 0.25) is 0 Å². The lowest BCUT2D eigenvalue weighted by Crippen LogP contribution is -2.47. The number of aryl methyl sites for hydroxylation is 1. The van der Waals surface area contributed by atoms with E-state index in [4.69, 9.17) is 0 Å². The van der Waals surface area contributed by atoms with Crippen LogP contribution in [0.3, 0.4) is 0 Å². The Morgan fingerprint density at radius 3 is 2.80 bits per heavy atom. The molecule has 112 valence electrons. The van der Waals surface area contributed by atoms with Crippen LogP contribution >= 0.6 is 11.3 Å². The fourth-order valence-corrected chi connectivity index (χ4v) is 3.51. The van der Waals surface area contributed by atoms with Crippen molar-refractivity contribution >= 4 is 17.2 Å². The van der Waals surface area contributed by atoms with Crippen molar-refractivity contribution in [3.05, 3.63) is 20.2 Å². The molecule has 1 amide bonds. The summed E-state index contributed by atoms with van der Waals surface area (Å²) in [7, 11) is 1.94. The van der Waals surface area contributed by atoms with Crippen molar-refractivity contribution in [1.82, 2.24) is 14.8 Å². The molecular weight excluding hydrogens is 274 g/mol. The van der Waals surface area contributed by atoms with E-state index in [0.29, 0.717) is 19.0 Å². The minimum atomic E-state index is 0.0412. The zero-order valence-corrected chi connectivity index (χ0v) is 13.3. The fourth-order valence-electron chi connectivity index (χ4n) is 2.65. The number of carbonyl (C=O) groups excluding carboxylic acids is 1. The quantitative estimate of drug-likeness (QED) is 0.906. The van der Waals surface area contributed by atoms with E-state index in [1.165, 1.54) is 11.3 Å². The van der Waals surface area contributed by atoms with E-state index in [2.05, 4.69) is 5.32 Å². The van der Waals surface area contributed by atoms with Crippen molar-refractivity contribution in [1.29, 1.82) is 0 Å². The highest BCUT2D eigenvalue weighted by Crippen LogP contribution is 2.13. The lowest BCUT2D eigenvalue weighted by Gasteiger charge is -2.32. The smallest absolute Gasteiger partial charge is 0.307 e. The van der Waals surface area contributed by atoms with Gasteiger partial charge in [0.25, 0.3) is 0 Å². The van der Waals surface area contributed by atoms with Crippen molar-refractivity contribution in [3.8, 4) is 0 Å². The number of nitrogens with one attached hydrogen (secondary N) is 1. The lowest BCUT2D eigenvalue weighted by atomic mass is 10.1. The Morgan fingerprint density at radius 2 is 2.20 bits per heavy atom. The van der Waals surface area contributed by atoms with Gasteiger partial charge in [-0.05, 0) is 33.7 Å². The molecule has 20 heavy (non-hydrogen) atoms. The van der Waals surface area contributed by atoms with Gasteiger partial charge in [-0.15, -0.1) is 0 Å². The van der Waals surface area contributed by atoms with Crippen LogP contribution in [0.1, 0.15) is 29.8 Å². The Morgan fingerprint density at radius 1 is 1.45 bits per heavy atom. The molecule has 0 spiro atoms. The van der Waals surface area contributed by atoms with Gasteiger partial charge in [-0.1, -0.05) is 11.3 Å². The van der Waals surface area contributed by atoms with Gasteiger partial charge in [-0.25, -0.2) is 0 Å². The number of hydrogen-bond donors (Lipinski definition) is 1. The number of rotatable bonds is 4. The first-order chi connectivity index (χ1) is 9.52. The van der Waals surface area contributed by atoms with Crippen molar-refractivity contribution < 1.29 is 4.79 Å². The highest BCUT2D eigenvalue weighted by atomic mass is 32.1. The summed E-state index contributed by atoms with van der Waals surface area (Å²) in [5, 5.41) is 3.24. The van der Waals surface area contributed by atoms with Crippen LogP contribution in [0.4, 0.5) is 0 Å². The summed E-state index contributed by atoms with van der Waals surface area (Å²) in [5.74, 6) is 0.153. The molecule has 1 unspecified atom stereocenters. The molecule has 0 bridgehead atoms. The summed E-state index contributed by atoms with van der Waals surface area (Å²) in [6, 6.07) is 0.403. The molecule has 1 aromatic rings. The Kier molecular flexibility index (Phi) is 4.99. The molecule has 5 nitrogen and oxygen atoms in total. The molecule has 1 aromatic heterocycles. The molecule has 1 atom stereocenters. The minimum Gasteiger partial charge on any atom is -0.341 e. The molecule has 0 radical (unpaired) electrons. The number of carbonyl (C=O) groups is 1. The lowest BCUT2D eigenvalue weighted by molar-refractivity contribution is -0.132. The van der Waals surface area contributed by atoms with E-state index < -0.39 is 0 Å². The van der Waals surface area contributed by atoms with Crippen molar-refractivity contribution in [2.75, 3.05) is 20.1 Å². The van der Waals surface area contributed by atoms with E-state index in [0.717, 1.165) is 36.5 Å². The second kappa shape index (κ2) is 6.54. The first-order valence-corrected chi connectivity index (χ1v) is 7.96. The fraction of sp³-hybridized carbons (Fsp3) is 0.714. The predicted octanol–water partition coefficient (Wildman–Crippen LogP) is 1.13. The molecule has 2 rings (SSSR count).